The van der Waals surface area contributed by atoms with E-state index in [1.807, 2.05) is 0 Å². The van der Waals surface area contributed by atoms with Crippen molar-refractivity contribution in [3.8, 4) is 0 Å². The summed E-state index contributed by atoms with van der Waals surface area (Å²) in [5, 5.41) is 0. The zero-order valence-corrected chi connectivity index (χ0v) is 11.5. The molecule has 1 rings (SSSR count). The van der Waals surface area contributed by atoms with Crippen molar-refractivity contribution in [2.75, 3.05) is 20.3 Å². The normalized spacial score (nSPS) is 31.4. The minimum atomic E-state index is -0.144. The summed E-state index contributed by atoms with van der Waals surface area (Å²) in [5.74, 6) is 6.47. The number of hydrogen-bond acceptors (Lipinski definition) is 4. The number of methoxy groups -OCH3 is 1. The molecule has 0 heterocycles. The van der Waals surface area contributed by atoms with Gasteiger partial charge in [0.05, 0.1) is 18.2 Å². The van der Waals surface area contributed by atoms with E-state index < -0.39 is 0 Å². The minimum Gasteiger partial charge on any atom is -0.380 e. The van der Waals surface area contributed by atoms with Crippen LogP contribution in [0.15, 0.2) is 0 Å². The van der Waals surface area contributed by atoms with Crippen molar-refractivity contribution in [2.45, 2.75) is 57.6 Å². The second kappa shape index (κ2) is 7.31. The Morgan fingerprint density at radius 1 is 1.41 bits per heavy atom. The maximum absolute atomic E-state index is 5.79. The van der Waals surface area contributed by atoms with Gasteiger partial charge in [-0.05, 0) is 38.0 Å². The summed E-state index contributed by atoms with van der Waals surface area (Å²) >= 11 is 0. The van der Waals surface area contributed by atoms with Crippen molar-refractivity contribution in [1.29, 1.82) is 0 Å². The molecule has 1 unspecified atom stereocenters. The van der Waals surface area contributed by atoms with Crippen LogP contribution in [-0.2, 0) is 9.47 Å². The van der Waals surface area contributed by atoms with Crippen LogP contribution in [0.25, 0.3) is 0 Å². The van der Waals surface area contributed by atoms with Gasteiger partial charge in [0.25, 0.3) is 0 Å². The molecular weight excluding hydrogens is 216 g/mol. The fourth-order valence-electron chi connectivity index (χ4n) is 2.64. The molecule has 17 heavy (non-hydrogen) atoms. The summed E-state index contributed by atoms with van der Waals surface area (Å²) in [7, 11) is 1.79. The van der Waals surface area contributed by atoms with E-state index in [1.165, 1.54) is 12.8 Å². The average molecular weight is 244 g/mol. The minimum absolute atomic E-state index is 0.0894. The van der Waals surface area contributed by atoms with E-state index in [4.69, 9.17) is 15.3 Å². The Morgan fingerprint density at radius 2 is 2.06 bits per heavy atom. The fourth-order valence-corrected chi connectivity index (χ4v) is 2.64. The Morgan fingerprint density at radius 3 is 2.53 bits per heavy atom. The molecule has 0 aliphatic heterocycles. The van der Waals surface area contributed by atoms with Gasteiger partial charge in [0.15, 0.2) is 0 Å². The second-order valence-electron chi connectivity index (χ2n) is 5.25. The van der Waals surface area contributed by atoms with Crippen molar-refractivity contribution in [3.05, 3.63) is 0 Å². The molecule has 4 nitrogen and oxygen atoms in total. The number of nitrogens with two attached hydrogens (primary N) is 1. The first kappa shape index (κ1) is 14.9. The van der Waals surface area contributed by atoms with E-state index in [0.29, 0.717) is 6.61 Å². The molecule has 0 bridgehead atoms. The Kier molecular flexibility index (Phi) is 6.41. The van der Waals surface area contributed by atoms with E-state index in [1.54, 1.807) is 7.11 Å². The highest BCUT2D eigenvalue weighted by Gasteiger charge is 2.41. The SMILES string of the molecule is CCCOCC(NN)C1(OC)CCC(C)CC1. The Hall–Kier alpha value is -0.160. The highest BCUT2D eigenvalue weighted by molar-refractivity contribution is 4.95. The van der Waals surface area contributed by atoms with Crippen molar-refractivity contribution >= 4 is 0 Å². The molecule has 3 N–H and O–H groups in total. The van der Waals surface area contributed by atoms with Crippen LogP contribution in [0.4, 0.5) is 0 Å². The van der Waals surface area contributed by atoms with E-state index >= 15 is 0 Å². The maximum Gasteiger partial charge on any atom is 0.0867 e. The predicted octanol–water partition coefficient (Wildman–Crippen LogP) is 1.84. The molecule has 0 aromatic heterocycles. The van der Waals surface area contributed by atoms with Crippen LogP contribution in [0.5, 0.6) is 0 Å². The number of hydrazine groups is 1. The lowest BCUT2D eigenvalue weighted by Crippen LogP contribution is -2.58. The van der Waals surface area contributed by atoms with Gasteiger partial charge in [-0.25, -0.2) is 0 Å². The molecule has 1 saturated carbocycles. The summed E-state index contributed by atoms with van der Waals surface area (Å²) < 4.78 is 11.4. The summed E-state index contributed by atoms with van der Waals surface area (Å²) in [6.45, 7) is 5.83. The Labute approximate surface area is 105 Å². The van der Waals surface area contributed by atoms with E-state index in [-0.39, 0.29) is 11.6 Å². The van der Waals surface area contributed by atoms with Crippen LogP contribution >= 0.6 is 0 Å². The van der Waals surface area contributed by atoms with Gasteiger partial charge in [0.2, 0.25) is 0 Å². The Balaban J connectivity index is 2.55. The quantitative estimate of drug-likeness (QED) is 0.407. The van der Waals surface area contributed by atoms with Gasteiger partial charge < -0.3 is 9.47 Å². The van der Waals surface area contributed by atoms with Gasteiger partial charge in [-0.1, -0.05) is 13.8 Å². The van der Waals surface area contributed by atoms with E-state index in [2.05, 4.69) is 19.3 Å². The first-order valence-corrected chi connectivity index (χ1v) is 6.77. The lowest BCUT2D eigenvalue weighted by molar-refractivity contribution is -0.0924. The first-order valence-electron chi connectivity index (χ1n) is 6.77. The zero-order chi connectivity index (χ0) is 12.7. The molecular formula is C13H28N2O2. The first-order chi connectivity index (χ1) is 8.18. The van der Waals surface area contributed by atoms with Gasteiger partial charge in [0, 0.05) is 13.7 Å². The second-order valence-corrected chi connectivity index (χ2v) is 5.25. The van der Waals surface area contributed by atoms with Crippen molar-refractivity contribution in [1.82, 2.24) is 5.43 Å². The number of nitrogens with one attached hydrogen (secondary N) is 1. The van der Waals surface area contributed by atoms with Crippen LogP contribution in [-0.4, -0.2) is 32.0 Å². The van der Waals surface area contributed by atoms with Gasteiger partial charge >= 0.3 is 0 Å². The standard InChI is InChI=1S/C13H28N2O2/c1-4-9-17-10-12(15-14)13(16-3)7-5-11(2)6-8-13/h11-12,15H,4-10,14H2,1-3H3. The van der Waals surface area contributed by atoms with Crippen molar-refractivity contribution < 1.29 is 9.47 Å². The Bertz CT molecular complexity index is 204. The highest BCUT2D eigenvalue weighted by Crippen LogP contribution is 2.36. The third-order valence-corrected chi connectivity index (χ3v) is 4.00. The molecule has 0 aromatic carbocycles. The third-order valence-electron chi connectivity index (χ3n) is 4.00. The number of ether oxygens (including phenoxy) is 2. The van der Waals surface area contributed by atoms with Crippen LogP contribution in [0, 0.1) is 5.92 Å². The van der Waals surface area contributed by atoms with E-state index in [0.717, 1.165) is 31.8 Å². The molecule has 1 aliphatic carbocycles. The lowest BCUT2D eigenvalue weighted by Gasteiger charge is -2.43. The molecule has 4 heteroatoms. The zero-order valence-electron chi connectivity index (χ0n) is 11.5. The largest absolute Gasteiger partial charge is 0.380 e. The summed E-state index contributed by atoms with van der Waals surface area (Å²) in [6.07, 6.45) is 5.58. The molecule has 0 saturated heterocycles. The topological polar surface area (TPSA) is 56.5 Å². The van der Waals surface area contributed by atoms with Crippen molar-refractivity contribution in [3.63, 3.8) is 0 Å². The molecule has 1 fully saturated rings. The maximum atomic E-state index is 5.79. The summed E-state index contributed by atoms with van der Waals surface area (Å²) in [4.78, 5) is 0. The molecule has 0 aromatic rings. The average Bonchev–Trinajstić information content (AvgIpc) is 2.37. The van der Waals surface area contributed by atoms with Crippen LogP contribution in [0.3, 0.4) is 0 Å². The number of rotatable bonds is 7. The van der Waals surface area contributed by atoms with E-state index in [9.17, 15) is 0 Å². The molecule has 102 valence electrons. The van der Waals surface area contributed by atoms with Crippen molar-refractivity contribution in [2.24, 2.45) is 11.8 Å². The fraction of sp³-hybridized carbons (Fsp3) is 1.00. The molecule has 1 aliphatic rings. The number of hydrogen-bond donors (Lipinski definition) is 2. The molecule has 1 atom stereocenters. The predicted molar refractivity (Wildman–Crippen MR) is 69.6 cm³/mol. The van der Waals surface area contributed by atoms with Gasteiger partial charge in [0.1, 0.15) is 0 Å². The summed E-state index contributed by atoms with van der Waals surface area (Å²) in [5.41, 5.74) is 2.74. The molecule has 0 amide bonds. The molecule has 0 spiro atoms. The smallest absolute Gasteiger partial charge is 0.0867 e. The van der Waals surface area contributed by atoms with Gasteiger partial charge in [-0.3, -0.25) is 11.3 Å². The highest BCUT2D eigenvalue weighted by atomic mass is 16.5. The third kappa shape index (κ3) is 3.91. The lowest BCUT2D eigenvalue weighted by atomic mass is 9.75. The monoisotopic (exact) mass is 244 g/mol. The van der Waals surface area contributed by atoms with Gasteiger partial charge in [-0.15, -0.1) is 0 Å². The summed E-state index contributed by atoms with van der Waals surface area (Å²) in [6, 6.07) is 0.0894. The van der Waals surface area contributed by atoms with Crippen LogP contribution in [0.2, 0.25) is 0 Å². The van der Waals surface area contributed by atoms with Crippen LogP contribution < -0.4 is 11.3 Å². The molecule has 0 radical (unpaired) electrons. The van der Waals surface area contributed by atoms with Gasteiger partial charge in [-0.2, -0.15) is 0 Å². The van der Waals surface area contributed by atoms with Crippen LogP contribution in [0.1, 0.15) is 46.0 Å².